The molecule has 4 rings (SSSR count). The minimum atomic E-state index is -0.237. The third-order valence-corrected chi connectivity index (χ3v) is 5.55. The summed E-state index contributed by atoms with van der Waals surface area (Å²) < 4.78 is 8.11. The van der Waals surface area contributed by atoms with Crippen molar-refractivity contribution in [3.63, 3.8) is 0 Å². The molecule has 0 radical (unpaired) electrons. The molecule has 0 N–H and O–H groups in total. The van der Waals surface area contributed by atoms with Crippen LogP contribution in [0.4, 0.5) is 0 Å². The normalized spacial score (nSPS) is 19.1. The van der Waals surface area contributed by atoms with Gasteiger partial charge in [0, 0.05) is 37.8 Å². The number of likely N-dealkylation sites (tertiary alicyclic amines) is 1. The number of pyridine rings is 1. The van der Waals surface area contributed by atoms with Crippen LogP contribution in [0, 0.1) is 0 Å². The fraction of sp³-hybridized carbons (Fsp3) is 0.500. The number of methoxy groups -OCH3 is 1. The van der Waals surface area contributed by atoms with Crippen LogP contribution in [0.2, 0.25) is 0 Å². The van der Waals surface area contributed by atoms with Crippen LogP contribution in [-0.2, 0) is 13.6 Å². The Hall–Kier alpha value is -2.90. The van der Waals surface area contributed by atoms with Crippen molar-refractivity contribution in [2.45, 2.75) is 44.2 Å². The highest BCUT2D eigenvalue weighted by atomic mass is 16.5. The van der Waals surface area contributed by atoms with Gasteiger partial charge >= 0.3 is 0 Å². The van der Waals surface area contributed by atoms with Gasteiger partial charge < -0.3 is 14.2 Å². The first-order chi connectivity index (χ1) is 13.5. The van der Waals surface area contributed by atoms with Gasteiger partial charge in [0.25, 0.3) is 17.0 Å². The molecule has 1 saturated heterocycles. The lowest BCUT2D eigenvalue weighted by molar-refractivity contribution is 0.0716. The molecule has 2 fully saturated rings. The minimum absolute atomic E-state index is 0.117. The average Bonchev–Trinajstić information content (AvgIpc) is 3.43. The lowest BCUT2D eigenvalue weighted by Gasteiger charge is -2.26. The lowest BCUT2D eigenvalue weighted by Crippen LogP contribution is -2.41. The Kier molecular flexibility index (Phi) is 4.78. The van der Waals surface area contributed by atoms with E-state index < -0.39 is 0 Å². The van der Waals surface area contributed by atoms with Crippen LogP contribution in [0.1, 0.15) is 47.7 Å². The van der Waals surface area contributed by atoms with Gasteiger partial charge in [-0.2, -0.15) is 5.10 Å². The zero-order valence-corrected chi connectivity index (χ0v) is 16.1. The fourth-order valence-electron chi connectivity index (χ4n) is 3.78. The van der Waals surface area contributed by atoms with Crippen molar-refractivity contribution >= 4 is 5.91 Å². The van der Waals surface area contributed by atoms with Crippen molar-refractivity contribution in [2.24, 2.45) is 7.05 Å². The first-order valence-corrected chi connectivity index (χ1v) is 9.61. The van der Waals surface area contributed by atoms with Crippen molar-refractivity contribution in [1.82, 2.24) is 19.2 Å². The van der Waals surface area contributed by atoms with E-state index in [-0.39, 0.29) is 28.8 Å². The van der Waals surface area contributed by atoms with E-state index in [4.69, 9.17) is 4.74 Å². The molecule has 1 amide bonds. The number of hydrogen-bond donors (Lipinski definition) is 0. The number of nitrogens with zero attached hydrogens (tertiary/aromatic N) is 4. The highest BCUT2D eigenvalue weighted by Crippen LogP contribution is 2.38. The van der Waals surface area contributed by atoms with Crippen LogP contribution in [0.25, 0.3) is 0 Å². The van der Waals surface area contributed by atoms with Crippen LogP contribution >= 0.6 is 0 Å². The SMILES string of the molecule is COc1cc(=O)n(C)cc1C(=O)N1CCCC1Cn1nc(C2CC2)ccc1=O. The number of amides is 1. The summed E-state index contributed by atoms with van der Waals surface area (Å²) in [6, 6.07) is 4.58. The zero-order valence-electron chi connectivity index (χ0n) is 16.1. The number of aryl methyl sites for hydroxylation is 1. The number of hydrogen-bond acceptors (Lipinski definition) is 5. The van der Waals surface area contributed by atoms with Crippen molar-refractivity contribution < 1.29 is 9.53 Å². The molecule has 0 spiro atoms. The van der Waals surface area contributed by atoms with Crippen LogP contribution < -0.4 is 15.9 Å². The van der Waals surface area contributed by atoms with Gasteiger partial charge in [0.05, 0.1) is 31.0 Å². The highest BCUT2D eigenvalue weighted by molar-refractivity contribution is 5.97. The number of aromatic nitrogens is 3. The molecule has 2 aromatic rings. The molecule has 1 saturated carbocycles. The van der Waals surface area contributed by atoms with E-state index in [9.17, 15) is 14.4 Å². The van der Waals surface area contributed by atoms with E-state index in [0.29, 0.717) is 24.6 Å². The Labute approximate surface area is 162 Å². The first-order valence-electron chi connectivity index (χ1n) is 9.61. The van der Waals surface area contributed by atoms with Gasteiger partial charge in [-0.25, -0.2) is 4.68 Å². The van der Waals surface area contributed by atoms with Crippen LogP contribution in [0.15, 0.2) is 34.0 Å². The molecule has 3 heterocycles. The van der Waals surface area contributed by atoms with Gasteiger partial charge in [-0.15, -0.1) is 0 Å². The van der Waals surface area contributed by atoms with E-state index in [1.807, 2.05) is 6.07 Å². The van der Waals surface area contributed by atoms with Crippen LogP contribution in [-0.4, -0.2) is 44.9 Å². The summed E-state index contributed by atoms with van der Waals surface area (Å²) in [4.78, 5) is 39.1. The smallest absolute Gasteiger partial charge is 0.266 e. The Morgan fingerprint density at radius 1 is 1.21 bits per heavy atom. The summed E-state index contributed by atoms with van der Waals surface area (Å²) in [5.74, 6) is 0.536. The average molecular weight is 384 g/mol. The summed E-state index contributed by atoms with van der Waals surface area (Å²) in [5.41, 5.74) is 0.918. The Balaban J connectivity index is 1.60. The van der Waals surface area contributed by atoms with E-state index in [0.717, 1.165) is 31.4 Å². The summed E-state index contributed by atoms with van der Waals surface area (Å²) in [6.07, 6.45) is 5.41. The molecule has 1 aliphatic heterocycles. The molecular weight excluding hydrogens is 360 g/mol. The predicted octanol–water partition coefficient (Wildman–Crippen LogP) is 1.13. The van der Waals surface area contributed by atoms with Gasteiger partial charge in [-0.1, -0.05) is 0 Å². The summed E-state index contributed by atoms with van der Waals surface area (Å²) in [6.45, 7) is 0.978. The number of carbonyl (C=O) groups excluding carboxylic acids is 1. The molecule has 8 heteroatoms. The van der Waals surface area contributed by atoms with Crippen molar-refractivity contribution in [1.29, 1.82) is 0 Å². The van der Waals surface area contributed by atoms with Crippen LogP contribution in [0.3, 0.4) is 0 Å². The number of rotatable bonds is 5. The number of ether oxygens (including phenoxy) is 1. The molecule has 28 heavy (non-hydrogen) atoms. The third kappa shape index (κ3) is 3.46. The maximum atomic E-state index is 13.2. The topological polar surface area (TPSA) is 86.4 Å². The molecule has 8 nitrogen and oxygen atoms in total. The van der Waals surface area contributed by atoms with Gasteiger partial charge in [-0.05, 0) is 31.7 Å². The Bertz CT molecular complexity index is 1020. The Morgan fingerprint density at radius 3 is 2.71 bits per heavy atom. The molecule has 0 bridgehead atoms. The van der Waals surface area contributed by atoms with Gasteiger partial charge in [0.2, 0.25) is 0 Å². The summed E-state index contributed by atoms with van der Waals surface area (Å²) in [5, 5.41) is 4.52. The second-order valence-electron chi connectivity index (χ2n) is 7.55. The summed E-state index contributed by atoms with van der Waals surface area (Å²) in [7, 11) is 3.05. The molecule has 1 atom stereocenters. The molecule has 148 valence electrons. The van der Waals surface area contributed by atoms with E-state index in [1.54, 1.807) is 18.0 Å². The first kappa shape index (κ1) is 18.5. The molecule has 1 unspecified atom stereocenters. The molecule has 2 aliphatic rings. The quantitative estimate of drug-likeness (QED) is 0.771. The second-order valence-corrected chi connectivity index (χ2v) is 7.55. The van der Waals surface area contributed by atoms with Crippen molar-refractivity contribution in [3.8, 4) is 5.75 Å². The maximum absolute atomic E-state index is 13.2. The number of carbonyl (C=O) groups is 1. The zero-order chi connectivity index (χ0) is 19.8. The Morgan fingerprint density at radius 2 is 2.00 bits per heavy atom. The van der Waals surface area contributed by atoms with Gasteiger partial charge in [0.1, 0.15) is 5.75 Å². The van der Waals surface area contributed by atoms with Crippen molar-refractivity contribution in [2.75, 3.05) is 13.7 Å². The molecule has 2 aromatic heterocycles. The molecule has 0 aromatic carbocycles. The fourth-order valence-corrected chi connectivity index (χ4v) is 3.78. The highest BCUT2D eigenvalue weighted by Gasteiger charge is 2.32. The van der Waals surface area contributed by atoms with Gasteiger partial charge in [0.15, 0.2) is 0 Å². The maximum Gasteiger partial charge on any atom is 0.266 e. The van der Waals surface area contributed by atoms with Crippen LogP contribution in [0.5, 0.6) is 5.75 Å². The minimum Gasteiger partial charge on any atom is -0.496 e. The predicted molar refractivity (Wildman–Crippen MR) is 103 cm³/mol. The standard InChI is InChI=1S/C20H24N4O4/c1-22-12-15(17(28-2)10-19(22)26)20(27)23-9-3-4-14(23)11-24-18(25)8-7-16(21-24)13-5-6-13/h7-8,10,12-14H,3-6,9,11H2,1-2H3. The second kappa shape index (κ2) is 7.26. The molecular formula is C20H24N4O4. The van der Waals surface area contributed by atoms with E-state index in [1.165, 1.54) is 28.6 Å². The van der Waals surface area contributed by atoms with Gasteiger partial charge in [-0.3, -0.25) is 14.4 Å². The molecule has 1 aliphatic carbocycles. The monoisotopic (exact) mass is 384 g/mol. The lowest BCUT2D eigenvalue weighted by atomic mass is 10.1. The largest absolute Gasteiger partial charge is 0.496 e. The van der Waals surface area contributed by atoms with Crippen molar-refractivity contribution in [3.05, 3.63) is 56.4 Å². The third-order valence-electron chi connectivity index (χ3n) is 5.55. The van der Waals surface area contributed by atoms with E-state index >= 15 is 0 Å². The van der Waals surface area contributed by atoms with E-state index in [2.05, 4.69) is 5.10 Å². The summed E-state index contributed by atoms with van der Waals surface area (Å²) >= 11 is 0.